The van der Waals surface area contributed by atoms with E-state index in [0.717, 1.165) is 4.90 Å². The average molecular weight is 417 g/mol. The summed E-state index contributed by atoms with van der Waals surface area (Å²) in [5.74, 6) is 0.546. The molecule has 0 bridgehead atoms. The van der Waals surface area contributed by atoms with Gasteiger partial charge in [-0.05, 0) is 68.1 Å². The number of ether oxygens (including phenoxy) is 1. The van der Waals surface area contributed by atoms with Gasteiger partial charge in [-0.15, -0.1) is 0 Å². The molecule has 1 N–H and O–H groups in total. The third-order valence-corrected chi connectivity index (χ3v) is 3.57. The summed E-state index contributed by atoms with van der Waals surface area (Å²) in [6, 6.07) is 16.6. The lowest BCUT2D eigenvalue weighted by Crippen LogP contribution is -2.15. The number of carbonyl (C=O) groups excluding carboxylic acids is 1. The van der Waals surface area contributed by atoms with Crippen LogP contribution in [0, 0.1) is 0 Å². The van der Waals surface area contributed by atoms with Crippen molar-refractivity contribution >= 4 is 49.7 Å². The van der Waals surface area contributed by atoms with Gasteiger partial charge >= 0.3 is 0 Å². The Hall–Kier alpha value is -0.980. The van der Waals surface area contributed by atoms with Crippen molar-refractivity contribution in [1.82, 2.24) is 4.72 Å². The zero-order valence-corrected chi connectivity index (χ0v) is 14.2. The van der Waals surface area contributed by atoms with Crippen molar-refractivity contribution in [1.29, 1.82) is 0 Å². The van der Waals surface area contributed by atoms with Gasteiger partial charge in [0.15, 0.2) is 0 Å². The summed E-state index contributed by atoms with van der Waals surface area (Å²) in [6.45, 7) is 0. The second-order valence-corrected chi connectivity index (χ2v) is 7.46. The standard InChI is InChI=1S/C14H11Br2NO2S/c15-14(16)19-11-8-4-5-9-12(11)20-17-13(18)10-6-2-1-3-7-10/h1-9,14H,(H,17,18). The van der Waals surface area contributed by atoms with Gasteiger partial charge in [-0.1, -0.05) is 30.3 Å². The molecular weight excluding hydrogens is 406 g/mol. The van der Waals surface area contributed by atoms with Gasteiger partial charge in [-0.3, -0.25) is 9.52 Å². The molecule has 0 saturated carbocycles. The van der Waals surface area contributed by atoms with E-state index in [4.69, 9.17) is 4.74 Å². The molecule has 104 valence electrons. The molecule has 0 fully saturated rings. The van der Waals surface area contributed by atoms with E-state index < -0.39 is 0 Å². The van der Waals surface area contributed by atoms with E-state index in [-0.39, 0.29) is 9.83 Å². The first-order valence-corrected chi connectivity index (χ1v) is 8.37. The Bertz CT molecular complexity index is 578. The highest BCUT2D eigenvalue weighted by molar-refractivity contribution is 9.24. The number of hydrogen-bond acceptors (Lipinski definition) is 3. The van der Waals surface area contributed by atoms with Gasteiger partial charge in [0, 0.05) is 5.56 Å². The Labute approximate surface area is 138 Å². The van der Waals surface area contributed by atoms with Crippen LogP contribution in [0.3, 0.4) is 0 Å². The van der Waals surface area contributed by atoms with Gasteiger partial charge in [0.25, 0.3) is 5.91 Å². The first-order valence-electron chi connectivity index (χ1n) is 5.73. The summed E-state index contributed by atoms with van der Waals surface area (Å²) in [5.41, 5.74) is 0.622. The first-order chi connectivity index (χ1) is 9.66. The second kappa shape index (κ2) is 7.71. The van der Waals surface area contributed by atoms with Crippen molar-refractivity contribution in [3.63, 3.8) is 0 Å². The zero-order valence-electron chi connectivity index (χ0n) is 10.3. The molecule has 1 amide bonds. The Kier molecular flexibility index (Phi) is 5.94. The van der Waals surface area contributed by atoms with Crippen LogP contribution in [0.5, 0.6) is 5.75 Å². The molecule has 0 atom stereocenters. The molecule has 20 heavy (non-hydrogen) atoms. The van der Waals surface area contributed by atoms with E-state index in [1.165, 1.54) is 11.9 Å². The van der Waals surface area contributed by atoms with Crippen LogP contribution < -0.4 is 9.46 Å². The number of alkyl halides is 2. The fourth-order valence-electron chi connectivity index (χ4n) is 1.48. The van der Waals surface area contributed by atoms with Crippen molar-refractivity contribution in [3.8, 4) is 5.75 Å². The molecule has 0 aliphatic carbocycles. The maximum absolute atomic E-state index is 12.0. The van der Waals surface area contributed by atoms with Crippen molar-refractivity contribution in [2.75, 3.05) is 0 Å². The number of carbonyl (C=O) groups is 1. The lowest BCUT2D eigenvalue weighted by Gasteiger charge is -2.11. The van der Waals surface area contributed by atoms with Crippen LogP contribution in [0.25, 0.3) is 0 Å². The van der Waals surface area contributed by atoms with Crippen molar-refractivity contribution in [2.24, 2.45) is 0 Å². The average Bonchev–Trinajstić information content (AvgIpc) is 2.46. The van der Waals surface area contributed by atoms with Crippen LogP contribution >= 0.6 is 43.8 Å². The predicted molar refractivity (Wildman–Crippen MR) is 88.5 cm³/mol. The summed E-state index contributed by atoms with van der Waals surface area (Å²) in [6.07, 6.45) is 0. The largest absolute Gasteiger partial charge is 0.467 e. The van der Waals surface area contributed by atoms with Gasteiger partial charge in [0.2, 0.25) is 3.92 Å². The van der Waals surface area contributed by atoms with Crippen molar-refractivity contribution in [2.45, 2.75) is 8.82 Å². The summed E-state index contributed by atoms with van der Waals surface area (Å²) >= 11 is 7.75. The minimum atomic E-state index is -0.276. The minimum Gasteiger partial charge on any atom is -0.467 e. The van der Waals surface area contributed by atoms with Crippen LogP contribution in [-0.4, -0.2) is 9.83 Å². The molecule has 0 aliphatic rings. The normalized spacial score (nSPS) is 10.3. The van der Waals surface area contributed by atoms with E-state index >= 15 is 0 Å². The number of para-hydroxylation sites is 1. The lowest BCUT2D eigenvalue weighted by molar-refractivity contribution is 0.0984. The number of rotatable bonds is 5. The Morgan fingerprint density at radius 1 is 1.05 bits per heavy atom. The van der Waals surface area contributed by atoms with Crippen molar-refractivity contribution in [3.05, 3.63) is 60.2 Å². The van der Waals surface area contributed by atoms with Gasteiger partial charge in [0.1, 0.15) is 5.75 Å². The van der Waals surface area contributed by atoms with E-state index in [9.17, 15) is 4.79 Å². The number of benzene rings is 2. The number of halogens is 2. The smallest absolute Gasteiger partial charge is 0.261 e. The van der Waals surface area contributed by atoms with Gasteiger partial charge in [-0.25, -0.2) is 0 Å². The van der Waals surface area contributed by atoms with E-state index in [2.05, 4.69) is 36.6 Å². The van der Waals surface area contributed by atoms with Gasteiger partial charge in [0.05, 0.1) is 4.90 Å². The molecule has 0 heterocycles. The van der Waals surface area contributed by atoms with E-state index in [1.54, 1.807) is 12.1 Å². The van der Waals surface area contributed by atoms with Crippen molar-refractivity contribution < 1.29 is 9.53 Å². The number of hydrogen-bond donors (Lipinski definition) is 1. The van der Waals surface area contributed by atoms with Gasteiger partial charge in [-0.2, -0.15) is 0 Å². The third kappa shape index (κ3) is 4.54. The highest BCUT2D eigenvalue weighted by atomic mass is 79.9. The molecular formula is C14H11Br2NO2S. The topological polar surface area (TPSA) is 38.3 Å². The van der Waals surface area contributed by atoms with Crippen LogP contribution in [0.2, 0.25) is 0 Å². The number of amides is 1. The molecule has 0 radical (unpaired) electrons. The third-order valence-electron chi connectivity index (χ3n) is 2.35. The first kappa shape index (κ1) is 15.4. The molecule has 0 aliphatic heterocycles. The fraction of sp³-hybridized carbons (Fsp3) is 0.0714. The lowest BCUT2D eigenvalue weighted by atomic mass is 10.2. The van der Waals surface area contributed by atoms with Crippen LogP contribution in [0.1, 0.15) is 10.4 Å². The summed E-state index contributed by atoms with van der Waals surface area (Å²) in [4.78, 5) is 12.8. The highest BCUT2D eigenvalue weighted by Gasteiger charge is 2.10. The molecule has 2 aromatic rings. The highest BCUT2D eigenvalue weighted by Crippen LogP contribution is 2.29. The molecule has 2 aromatic carbocycles. The summed E-state index contributed by atoms with van der Waals surface area (Å²) < 4.78 is 8.06. The SMILES string of the molecule is O=C(NSc1ccccc1OC(Br)Br)c1ccccc1. The van der Waals surface area contributed by atoms with E-state index in [0.29, 0.717) is 11.3 Å². The van der Waals surface area contributed by atoms with Crippen LogP contribution in [-0.2, 0) is 0 Å². The monoisotopic (exact) mass is 415 g/mol. The molecule has 3 nitrogen and oxygen atoms in total. The van der Waals surface area contributed by atoms with Crippen LogP contribution in [0.15, 0.2) is 59.5 Å². The van der Waals surface area contributed by atoms with Gasteiger partial charge < -0.3 is 4.74 Å². The Balaban J connectivity index is 2.02. The Morgan fingerprint density at radius 2 is 1.70 bits per heavy atom. The Morgan fingerprint density at radius 3 is 2.40 bits per heavy atom. The quantitative estimate of drug-likeness (QED) is 0.572. The zero-order chi connectivity index (χ0) is 14.4. The molecule has 0 spiro atoms. The van der Waals surface area contributed by atoms with E-state index in [1.807, 2.05) is 42.5 Å². The molecule has 6 heteroatoms. The molecule has 2 rings (SSSR count). The minimum absolute atomic E-state index is 0.139. The fourth-order valence-corrected chi connectivity index (χ4v) is 2.56. The maximum Gasteiger partial charge on any atom is 0.261 e. The molecule has 0 aromatic heterocycles. The maximum atomic E-state index is 12.0. The second-order valence-electron chi connectivity index (χ2n) is 3.72. The molecule has 0 unspecified atom stereocenters. The molecule has 0 saturated heterocycles. The predicted octanol–water partition coefficient (Wildman–Crippen LogP) is 4.58. The summed E-state index contributed by atoms with van der Waals surface area (Å²) in [7, 11) is 0. The summed E-state index contributed by atoms with van der Waals surface area (Å²) in [5, 5.41) is 0. The van der Waals surface area contributed by atoms with Crippen LogP contribution in [0.4, 0.5) is 0 Å². The number of nitrogens with one attached hydrogen (secondary N) is 1.